The molecule has 0 N–H and O–H groups in total. The van der Waals surface area contributed by atoms with Crippen LogP contribution in [0.15, 0.2) is 48.5 Å². The lowest BCUT2D eigenvalue weighted by atomic mass is 10.1. The molecule has 0 bridgehead atoms. The summed E-state index contributed by atoms with van der Waals surface area (Å²) < 4.78 is 11.6. The maximum Gasteiger partial charge on any atom is 0.129 e. The smallest absolute Gasteiger partial charge is 0.129 e. The zero-order chi connectivity index (χ0) is 23.5. The van der Waals surface area contributed by atoms with E-state index in [2.05, 4.69) is 86.2 Å². The third-order valence-electron chi connectivity index (χ3n) is 4.16. The van der Waals surface area contributed by atoms with E-state index in [4.69, 9.17) is 9.47 Å². The lowest BCUT2D eigenvalue weighted by Gasteiger charge is -2.06. The van der Waals surface area contributed by atoms with Gasteiger partial charge in [-0.3, -0.25) is 0 Å². The van der Waals surface area contributed by atoms with Crippen molar-refractivity contribution in [2.24, 2.45) is 0 Å². The molecule has 0 aliphatic heterocycles. The van der Waals surface area contributed by atoms with Crippen LogP contribution in [0, 0.1) is 34.8 Å². The van der Waals surface area contributed by atoms with Crippen molar-refractivity contribution in [3.8, 4) is 34.8 Å². The zero-order valence-corrected chi connectivity index (χ0v) is 22.3. The SMILES string of the molecule is C[Si](C)(C)C#CCOCc1ccccc1C#Cc1ccccc1COCC#C[Si](C)(C)C. The topological polar surface area (TPSA) is 18.5 Å². The van der Waals surface area contributed by atoms with Gasteiger partial charge in [-0.1, -0.05) is 99.4 Å². The van der Waals surface area contributed by atoms with Crippen molar-refractivity contribution in [1.82, 2.24) is 0 Å². The van der Waals surface area contributed by atoms with Crippen LogP contribution in [0.5, 0.6) is 0 Å². The second-order valence-electron chi connectivity index (χ2n) is 9.65. The Bertz CT molecular complexity index is 987. The van der Waals surface area contributed by atoms with Crippen LogP contribution >= 0.6 is 0 Å². The molecule has 32 heavy (non-hydrogen) atoms. The fourth-order valence-electron chi connectivity index (χ4n) is 2.70. The van der Waals surface area contributed by atoms with Gasteiger partial charge in [0.05, 0.1) is 13.2 Å². The minimum Gasteiger partial charge on any atom is -0.364 e. The standard InChI is InChI=1S/C28H34O2Si2/c1-31(2,3)21-11-19-29-23-27-15-9-7-13-25(27)17-18-26-14-8-10-16-28(26)24-30-20-12-22-32(4,5)6/h7-10,13-16H,19-20,23-24H2,1-6H3. The Morgan fingerprint density at radius 2 is 0.969 bits per heavy atom. The average molecular weight is 459 g/mol. The molecule has 2 aromatic carbocycles. The van der Waals surface area contributed by atoms with Gasteiger partial charge in [0.15, 0.2) is 0 Å². The molecule has 0 aliphatic carbocycles. The summed E-state index contributed by atoms with van der Waals surface area (Å²) in [5, 5.41) is 0. The monoisotopic (exact) mass is 458 g/mol. The normalized spacial score (nSPS) is 10.8. The van der Waals surface area contributed by atoms with Gasteiger partial charge in [-0.15, -0.1) is 11.1 Å². The van der Waals surface area contributed by atoms with E-state index in [1.165, 1.54) is 0 Å². The molecule has 0 spiro atoms. The molecule has 0 aromatic heterocycles. The highest BCUT2D eigenvalue weighted by Crippen LogP contribution is 2.12. The molecule has 0 atom stereocenters. The molecule has 0 aliphatic rings. The number of hydrogen-bond acceptors (Lipinski definition) is 2. The maximum atomic E-state index is 5.78. The Kier molecular flexibility index (Phi) is 10.0. The van der Waals surface area contributed by atoms with E-state index < -0.39 is 16.1 Å². The summed E-state index contributed by atoms with van der Waals surface area (Å²) in [7, 11) is -2.71. The van der Waals surface area contributed by atoms with Gasteiger partial charge in [0.25, 0.3) is 0 Å². The molecular weight excluding hydrogens is 424 g/mol. The largest absolute Gasteiger partial charge is 0.364 e. The Hall–Kier alpha value is -2.53. The van der Waals surface area contributed by atoms with E-state index in [0.29, 0.717) is 26.4 Å². The van der Waals surface area contributed by atoms with Gasteiger partial charge in [-0.25, -0.2) is 0 Å². The molecule has 0 fully saturated rings. The molecule has 2 nitrogen and oxygen atoms in total. The molecule has 0 amide bonds. The quantitative estimate of drug-likeness (QED) is 0.306. The van der Waals surface area contributed by atoms with Gasteiger partial charge < -0.3 is 9.47 Å². The van der Waals surface area contributed by atoms with Gasteiger partial charge in [0.2, 0.25) is 0 Å². The van der Waals surface area contributed by atoms with E-state index in [0.717, 1.165) is 22.3 Å². The van der Waals surface area contributed by atoms with Crippen LogP contribution in [0.3, 0.4) is 0 Å². The Balaban J connectivity index is 2.04. The van der Waals surface area contributed by atoms with Gasteiger partial charge in [0.1, 0.15) is 29.4 Å². The van der Waals surface area contributed by atoms with Crippen molar-refractivity contribution in [3.63, 3.8) is 0 Å². The number of hydrogen-bond donors (Lipinski definition) is 0. The highest BCUT2D eigenvalue weighted by atomic mass is 28.3. The molecule has 2 rings (SSSR count). The predicted octanol–water partition coefficient (Wildman–Crippen LogP) is 5.88. The summed E-state index contributed by atoms with van der Waals surface area (Å²) >= 11 is 0. The van der Waals surface area contributed by atoms with Crippen LogP contribution in [-0.4, -0.2) is 29.4 Å². The predicted molar refractivity (Wildman–Crippen MR) is 140 cm³/mol. The Morgan fingerprint density at radius 1 is 0.594 bits per heavy atom. The van der Waals surface area contributed by atoms with E-state index in [1.54, 1.807) is 0 Å². The zero-order valence-electron chi connectivity index (χ0n) is 20.3. The van der Waals surface area contributed by atoms with Crippen molar-refractivity contribution < 1.29 is 9.47 Å². The van der Waals surface area contributed by atoms with Crippen LogP contribution in [0.2, 0.25) is 39.3 Å². The van der Waals surface area contributed by atoms with Gasteiger partial charge >= 0.3 is 0 Å². The molecule has 0 heterocycles. The summed E-state index contributed by atoms with van der Waals surface area (Å²) in [6.45, 7) is 15.3. The maximum absolute atomic E-state index is 5.78. The van der Waals surface area contributed by atoms with Crippen LogP contribution in [0.1, 0.15) is 22.3 Å². The number of ether oxygens (including phenoxy) is 2. The lowest BCUT2D eigenvalue weighted by molar-refractivity contribution is 0.153. The highest BCUT2D eigenvalue weighted by Gasteiger charge is 2.08. The molecule has 0 saturated carbocycles. The minimum absolute atomic E-state index is 0.451. The van der Waals surface area contributed by atoms with E-state index in [-0.39, 0.29) is 0 Å². The summed E-state index contributed by atoms with van der Waals surface area (Å²) in [6.07, 6.45) is 0. The average Bonchev–Trinajstić information content (AvgIpc) is 2.71. The Morgan fingerprint density at radius 3 is 1.34 bits per heavy atom. The Labute approximate surface area is 196 Å². The van der Waals surface area contributed by atoms with Gasteiger partial charge in [-0.2, -0.15) is 0 Å². The molecular formula is C28H34O2Si2. The van der Waals surface area contributed by atoms with Crippen LogP contribution in [0.4, 0.5) is 0 Å². The van der Waals surface area contributed by atoms with Crippen molar-refractivity contribution >= 4 is 16.1 Å². The molecule has 2 aromatic rings. The first-order valence-electron chi connectivity index (χ1n) is 11.0. The van der Waals surface area contributed by atoms with Crippen molar-refractivity contribution in [2.45, 2.75) is 52.5 Å². The van der Waals surface area contributed by atoms with Gasteiger partial charge in [0, 0.05) is 11.1 Å². The van der Waals surface area contributed by atoms with E-state index in [1.807, 2.05) is 36.4 Å². The third kappa shape index (κ3) is 10.7. The van der Waals surface area contributed by atoms with E-state index >= 15 is 0 Å². The van der Waals surface area contributed by atoms with Crippen molar-refractivity contribution in [1.29, 1.82) is 0 Å². The highest BCUT2D eigenvalue weighted by molar-refractivity contribution is 6.84. The second-order valence-corrected chi connectivity index (χ2v) is 19.2. The molecule has 0 radical (unpaired) electrons. The third-order valence-corrected chi connectivity index (χ3v) is 6.01. The summed E-state index contributed by atoms with van der Waals surface area (Å²) in [5.41, 5.74) is 10.7. The molecule has 0 unspecified atom stereocenters. The van der Waals surface area contributed by atoms with Crippen LogP contribution in [0.25, 0.3) is 0 Å². The van der Waals surface area contributed by atoms with Crippen LogP contribution < -0.4 is 0 Å². The molecule has 4 heteroatoms. The first kappa shape index (κ1) is 25.7. The minimum atomic E-state index is -1.36. The number of benzene rings is 2. The summed E-state index contributed by atoms with van der Waals surface area (Å²) in [4.78, 5) is 0. The van der Waals surface area contributed by atoms with Crippen molar-refractivity contribution in [3.05, 3.63) is 70.8 Å². The fraction of sp³-hybridized carbons (Fsp3) is 0.357. The first-order valence-corrected chi connectivity index (χ1v) is 18.0. The van der Waals surface area contributed by atoms with Crippen LogP contribution in [-0.2, 0) is 22.7 Å². The van der Waals surface area contributed by atoms with Gasteiger partial charge in [-0.05, 0) is 23.3 Å². The fourth-order valence-corrected chi connectivity index (χ4v) is 3.90. The molecule has 166 valence electrons. The number of rotatable bonds is 6. The first-order chi connectivity index (χ1) is 15.1. The summed E-state index contributed by atoms with van der Waals surface area (Å²) in [6, 6.07) is 16.2. The second kappa shape index (κ2) is 12.5. The van der Waals surface area contributed by atoms with E-state index in [9.17, 15) is 0 Å². The lowest BCUT2D eigenvalue weighted by Crippen LogP contribution is -2.16. The summed E-state index contributed by atoms with van der Waals surface area (Å²) in [5.74, 6) is 12.9. The molecule has 0 saturated heterocycles. The van der Waals surface area contributed by atoms with Crippen molar-refractivity contribution in [2.75, 3.05) is 13.2 Å².